The fourth-order valence-electron chi connectivity index (χ4n) is 2.07. The van der Waals surface area contributed by atoms with Gasteiger partial charge in [0.2, 0.25) is 0 Å². The molecule has 1 saturated carbocycles. The Morgan fingerprint density at radius 1 is 1.37 bits per heavy atom. The fourth-order valence-corrected chi connectivity index (χ4v) is 2.07. The number of methoxy groups -OCH3 is 1. The van der Waals surface area contributed by atoms with Gasteiger partial charge in [-0.15, -0.1) is 0 Å². The summed E-state index contributed by atoms with van der Waals surface area (Å²) in [5.41, 5.74) is -0.0175. The molecule has 1 fully saturated rings. The number of halogens is 2. The smallest absolute Gasteiger partial charge is 0.183 e. The van der Waals surface area contributed by atoms with Gasteiger partial charge in [-0.1, -0.05) is 0 Å². The van der Waals surface area contributed by atoms with E-state index >= 15 is 0 Å². The topological polar surface area (TPSA) is 45.0 Å². The quantitative estimate of drug-likeness (QED) is 0.860. The molecule has 0 saturated heterocycles. The first-order chi connectivity index (χ1) is 9.12. The van der Waals surface area contributed by atoms with E-state index in [0.29, 0.717) is 13.2 Å². The van der Waals surface area contributed by atoms with Crippen molar-refractivity contribution >= 4 is 5.69 Å². The summed E-state index contributed by atoms with van der Waals surface area (Å²) in [6.07, 6.45) is 3.06. The summed E-state index contributed by atoms with van der Waals surface area (Å²) < 4.78 is 32.2. The van der Waals surface area contributed by atoms with Gasteiger partial charge in [-0.25, -0.2) is 8.78 Å². The van der Waals surface area contributed by atoms with E-state index in [9.17, 15) is 8.78 Å². The lowest BCUT2D eigenvalue weighted by Gasteiger charge is -2.17. The minimum absolute atomic E-state index is 0.111. The van der Waals surface area contributed by atoms with Gasteiger partial charge in [-0.05, 0) is 36.8 Å². The second kappa shape index (κ2) is 5.54. The molecule has 0 bridgehead atoms. The molecule has 1 aromatic carbocycles. The normalized spacial score (nSPS) is 15.9. The Balaban J connectivity index is 2.01. The van der Waals surface area contributed by atoms with Gasteiger partial charge in [0.15, 0.2) is 11.6 Å². The number of nitrogens with one attached hydrogen (secondary N) is 1. The highest BCUT2D eigenvalue weighted by atomic mass is 19.2. The number of ether oxygens (including phenoxy) is 1. The summed E-state index contributed by atoms with van der Waals surface area (Å²) in [7, 11) is 1.65. The van der Waals surface area contributed by atoms with Gasteiger partial charge in [0.05, 0.1) is 11.3 Å². The molecular formula is C14H16F2N2O. The van der Waals surface area contributed by atoms with Gasteiger partial charge in [0, 0.05) is 20.3 Å². The van der Waals surface area contributed by atoms with Crippen molar-refractivity contribution in [3.63, 3.8) is 0 Å². The summed E-state index contributed by atoms with van der Waals surface area (Å²) in [5.74, 6) is -2.07. The molecule has 1 aliphatic carbocycles. The monoisotopic (exact) mass is 266 g/mol. The average Bonchev–Trinajstić information content (AvgIpc) is 3.19. The van der Waals surface area contributed by atoms with Crippen molar-refractivity contribution in [1.29, 1.82) is 5.26 Å². The van der Waals surface area contributed by atoms with E-state index in [2.05, 4.69) is 5.32 Å². The highest BCUT2D eigenvalue weighted by molar-refractivity contribution is 5.50. The van der Waals surface area contributed by atoms with Crippen molar-refractivity contribution in [3.05, 3.63) is 29.3 Å². The van der Waals surface area contributed by atoms with Gasteiger partial charge in [-0.2, -0.15) is 5.26 Å². The van der Waals surface area contributed by atoms with E-state index in [1.165, 1.54) is 12.1 Å². The molecule has 0 heterocycles. The zero-order valence-electron chi connectivity index (χ0n) is 10.8. The van der Waals surface area contributed by atoms with Crippen LogP contribution in [0, 0.1) is 28.4 Å². The molecule has 3 nitrogen and oxygen atoms in total. The maximum Gasteiger partial charge on any atom is 0.183 e. The molecule has 0 spiro atoms. The Bertz CT molecular complexity index is 507. The molecule has 0 unspecified atom stereocenters. The first-order valence-corrected chi connectivity index (χ1v) is 6.23. The zero-order valence-corrected chi connectivity index (χ0v) is 10.8. The highest BCUT2D eigenvalue weighted by Crippen LogP contribution is 2.48. The predicted octanol–water partition coefficient (Wildman–Crippen LogP) is 3.07. The van der Waals surface area contributed by atoms with E-state index in [1.807, 2.05) is 0 Å². The van der Waals surface area contributed by atoms with Crippen LogP contribution in [0.4, 0.5) is 14.5 Å². The SMILES string of the molecule is COCCC1(CNc2ccc(C#N)c(F)c2F)CC1. The number of nitriles is 1. The summed E-state index contributed by atoms with van der Waals surface area (Å²) in [6.45, 7) is 1.27. The number of anilines is 1. The third-order valence-corrected chi connectivity index (χ3v) is 3.65. The Labute approximate surface area is 111 Å². The van der Waals surface area contributed by atoms with Crippen LogP contribution in [-0.4, -0.2) is 20.3 Å². The zero-order chi connectivity index (χ0) is 13.9. The molecule has 1 N–H and O–H groups in total. The van der Waals surface area contributed by atoms with Crippen molar-refractivity contribution in [2.24, 2.45) is 5.41 Å². The summed E-state index contributed by atoms with van der Waals surface area (Å²) in [6, 6.07) is 4.31. The van der Waals surface area contributed by atoms with Crippen LogP contribution in [0.25, 0.3) is 0 Å². The van der Waals surface area contributed by atoms with Gasteiger partial charge < -0.3 is 10.1 Å². The van der Waals surface area contributed by atoms with Gasteiger partial charge in [-0.3, -0.25) is 0 Å². The summed E-state index contributed by atoms with van der Waals surface area (Å²) in [5, 5.41) is 11.5. The van der Waals surface area contributed by atoms with Gasteiger partial charge in [0.1, 0.15) is 6.07 Å². The van der Waals surface area contributed by atoms with Crippen LogP contribution in [-0.2, 0) is 4.74 Å². The molecule has 0 radical (unpaired) electrons. The number of benzene rings is 1. The summed E-state index contributed by atoms with van der Waals surface area (Å²) in [4.78, 5) is 0. The molecule has 0 atom stereocenters. The van der Waals surface area contributed by atoms with Gasteiger partial charge in [0.25, 0.3) is 0 Å². The average molecular weight is 266 g/mol. The van der Waals surface area contributed by atoms with Crippen LogP contribution in [0.5, 0.6) is 0 Å². The first-order valence-electron chi connectivity index (χ1n) is 6.23. The van der Waals surface area contributed by atoms with Crippen LogP contribution >= 0.6 is 0 Å². The van der Waals surface area contributed by atoms with Crippen molar-refractivity contribution in [3.8, 4) is 6.07 Å². The molecular weight excluding hydrogens is 250 g/mol. The molecule has 5 heteroatoms. The lowest BCUT2D eigenvalue weighted by molar-refractivity contribution is 0.175. The van der Waals surface area contributed by atoms with E-state index in [0.717, 1.165) is 19.3 Å². The number of hydrogen-bond donors (Lipinski definition) is 1. The fraction of sp³-hybridized carbons (Fsp3) is 0.500. The Morgan fingerprint density at radius 2 is 2.11 bits per heavy atom. The predicted molar refractivity (Wildman–Crippen MR) is 67.7 cm³/mol. The van der Waals surface area contributed by atoms with Gasteiger partial charge >= 0.3 is 0 Å². The number of rotatable bonds is 6. The Morgan fingerprint density at radius 3 is 2.68 bits per heavy atom. The van der Waals surface area contributed by atoms with E-state index in [1.54, 1.807) is 13.2 Å². The van der Waals surface area contributed by atoms with E-state index in [-0.39, 0.29) is 16.7 Å². The van der Waals surface area contributed by atoms with Crippen molar-refractivity contribution in [1.82, 2.24) is 0 Å². The lowest BCUT2D eigenvalue weighted by Crippen LogP contribution is -2.18. The maximum absolute atomic E-state index is 13.7. The summed E-state index contributed by atoms with van der Waals surface area (Å²) >= 11 is 0. The maximum atomic E-state index is 13.7. The molecule has 102 valence electrons. The highest BCUT2D eigenvalue weighted by Gasteiger charge is 2.41. The molecule has 0 amide bonds. The lowest BCUT2D eigenvalue weighted by atomic mass is 10.0. The van der Waals surface area contributed by atoms with Crippen LogP contribution in [0.1, 0.15) is 24.8 Å². The molecule has 0 aliphatic heterocycles. The standard InChI is InChI=1S/C14H16F2N2O/c1-19-7-6-14(4-5-14)9-18-11-3-2-10(8-17)12(15)13(11)16/h2-3,18H,4-7,9H2,1H3. The molecule has 0 aromatic heterocycles. The Kier molecular flexibility index (Phi) is 4.01. The van der Waals surface area contributed by atoms with E-state index in [4.69, 9.17) is 10.00 Å². The van der Waals surface area contributed by atoms with E-state index < -0.39 is 11.6 Å². The number of hydrogen-bond acceptors (Lipinski definition) is 3. The molecule has 19 heavy (non-hydrogen) atoms. The third-order valence-electron chi connectivity index (χ3n) is 3.65. The Hall–Kier alpha value is -1.67. The van der Waals surface area contributed by atoms with Crippen LogP contribution in [0.3, 0.4) is 0 Å². The van der Waals surface area contributed by atoms with Crippen LogP contribution < -0.4 is 5.32 Å². The minimum atomic E-state index is -1.09. The second-order valence-electron chi connectivity index (χ2n) is 5.00. The molecule has 1 aromatic rings. The van der Waals surface area contributed by atoms with Crippen LogP contribution in [0.15, 0.2) is 12.1 Å². The van der Waals surface area contributed by atoms with Crippen molar-refractivity contribution in [2.75, 3.05) is 25.6 Å². The third kappa shape index (κ3) is 3.02. The largest absolute Gasteiger partial charge is 0.385 e. The molecule has 1 aliphatic rings. The van der Waals surface area contributed by atoms with Crippen LogP contribution in [0.2, 0.25) is 0 Å². The van der Waals surface area contributed by atoms with Crippen molar-refractivity contribution < 1.29 is 13.5 Å². The first kappa shape index (κ1) is 13.8. The second-order valence-corrected chi connectivity index (χ2v) is 5.00. The molecule has 2 rings (SSSR count). The van der Waals surface area contributed by atoms with Crippen molar-refractivity contribution in [2.45, 2.75) is 19.3 Å². The number of nitrogens with zero attached hydrogens (tertiary/aromatic N) is 1. The minimum Gasteiger partial charge on any atom is -0.385 e.